The van der Waals surface area contributed by atoms with E-state index in [4.69, 9.17) is 18.9 Å². The molecule has 0 spiro atoms. The summed E-state index contributed by atoms with van der Waals surface area (Å²) < 4.78 is 25.3. The molecule has 0 saturated carbocycles. The standard InChI is InChI=1S/C24H25BrN4O5S/c1-31-21-19(27-28-26)20-17(13-32-23(34-20)14-6-3-2-4-7-14)33-24(21)35-18-12-15(25)8-9-16(18)22(30)29-10-5-11-29/h2-4,6-9,12,17,19-21,23-24H,5,10-11,13H2,1H3/t17?,19-,20-,21?,23?,24+/m0/s1. The molecule has 2 aromatic rings. The number of carbonyl (C=O) groups excluding carboxylic acids is 1. The van der Waals surface area contributed by atoms with E-state index in [1.54, 1.807) is 7.11 Å². The Labute approximate surface area is 215 Å². The maximum Gasteiger partial charge on any atom is 0.254 e. The summed E-state index contributed by atoms with van der Waals surface area (Å²) in [7, 11) is 1.56. The highest BCUT2D eigenvalue weighted by Crippen LogP contribution is 2.42. The second-order valence-corrected chi connectivity index (χ2v) is 10.6. The number of hydrogen-bond acceptors (Lipinski definition) is 7. The zero-order valence-electron chi connectivity index (χ0n) is 19.0. The van der Waals surface area contributed by atoms with E-state index in [-0.39, 0.29) is 12.5 Å². The van der Waals surface area contributed by atoms with Gasteiger partial charge in [0.2, 0.25) is 0 Å². The van der Waals surface area contributed by atoms with Crippen molar-refractivity contribution in [2.24, 2.45) is 5.11 Å². The summed E-state index contributed by atoms with van der Waals surface area (Å²) in [6, 6.07) is 14.5. The van der Waals surface area contributed by atoms with Crippen LogP contribution >= 0.6 is 27.7 Å². The summed E-state index contributed by atoms with van der Waals surface area (Å²) in [5.74, 6) is -0.00413. The number of methoxy groups -OCH3 is 1. The van der Waals surface area contributed by atoms with E-state index in [2.05, 4.69) is 26.0 Å². The first-order valence-corrected chi connectivity index (χ1v) is 13.1. The summed E-state index contributed by atoms with van der Waals surface area (Å²) in [6.45, 7) is 1.80. The molecule has 3 fully saturated rings. The van der Waals surface area contributed by atoms with Gasteiger partial charge in [0.05, 0.1) is 18.2 Å². The van der Waals surface area contributed by atoms with Gasteiger partial charge in [-0.05, 0) is 30.2 Å². The Bertz CT molecular complexity index is 1110. The second-order valence-electron chi connectivity index (χ2n) is 8.52. The molecule has 5 rings (SSSR count). The Kier molecular flexibility index (Phi) is 7.64. The lowest BCUT2D eigenvalue weighted by atomic mass is 9.96. The number of benzene rings is 2. The predicted octanol–water partition coefficient (Wildman–Crippen LogP) is 4.92. The van der Waals surface area contributed by atoms with Crippen molar-refractivity contribution in [3.8, 4) is 0 Å². The fourth-order valence-corrected chi connectivity index (χ4v) is 6.31. The van der Waals surface area contributed by atoms with Crippen molar-refractivity contribution in [2.75, 3.05) is 26.8 Å². The third-order valence-corrected chi connectivity index (χ3v) is 8.10. The van der Waals surface area contributed by atoms with Gasteiger partial charge in [-0.25, -0.2) is 0 Å². The normalized spacial score (nSPS) is 30.1. The number of halogens is 1. The van der Waals surface area contributed by atoms with Crippen LogP contribution in [0.1, 0.15) is 28.6 Å². The fourth-order valence-electron chi connectivity index (χ4n) is 4.47. The summed E-state index contributed by atoms with van der Waals surface area (Å²) in [5, 5.41) is 4.06. The monoisotopic (exact) mass is 560 g/mol. The Hall–Kier alpha value is -2.11. The highest BCUT2D eigenvalue weighted by molar-refractivity contribution is 9.10. The van der Waals surface area contributed by atoms with E-state index < -0.39 is 36.1 Å². The molecule has 35 heavy (non-hydrogen) atoms. The molecule has 2 aromatic carbocycles. The number of ether oxygens (including phenoxy) is 4. The zero-order valence-corrected chi connectivity index (χ0v) is 21.4. The van der Waals surface area contributed by atoms with E-state index in [9.17, 15) is 10.3 Å². The Balaban J connectivity index is 1.41. The van der Waals surface area contributed by atoms with Crippen molar-refractivity contribution >= 4 is 33.6 Å². The Morgan fingerprint density at radius 2 is 2.03 bits per heavy atom. The number of thioether (sulfide) groups is 1. The first kappa shape index (κ1) is 24.6. The van der Waals surface area contributed by atoms with Crippen LogP contribution in [0.15, 0.2) is 63.0 Å². The largest absolute Gasteiger partial charge is 0.377 e. The number of nitrogens with zero attached hydrogens (tertiary/aromatic N) is 4. The summed E-state index contributed by atoms with van der Waals surface area (Å²) in [6.07, 6.45) is -1.18. The summed E-state index contributed by atoms with van der Waals surface area (Å²) in [4.78, 5) is 18.7. The number of rotatable bonds is 6. The van der Waals surface area contributed by atoms with Crippen LogP contribution in [0.3, 0.4) is 0 Å². The summed E-state index contributed by atoms with van der Waals surface area (Å²) >= 11 is 4.90. The number of fused-ring (bicyclic) bond motifs is 1. The molecule has 1 amide bonds. The number of amides is 1. The highest BCUT2D eigenvalue weighted by Gasteiger charge is 2.50. The van der Waals surface area contributed by atoms with Gasteiger partial charge in [0.1, 0.15) is 23.7 Å². The quantitative estimate of drug-likeness (QED) is 0.282. The first-order valence-electron chi connectivity index (χ1n) is 11.4. The second kappa shape index (κ2) is 10.9. The van der Waals surface area contributed by atoms with Crippen LogP contribution in [-0.2, 0) is 18.9 Å². The molecule has 0 N–H and O–H groups in total. The van der Waals surface area contributed by atoms with E-state index in [0.717, 1.165) is 34.4 Å². The molecule has 0 radical (unpaired) electrons. The van der Waals surface area contributed by atoms with E-state index >= 15 is 0 Å². The molecular weight excluding hydrogens is 536 g/mol. The van der Waals surface area contributed by atoms with Crippen molar-refractivity contribution in [3.63, 3.8) is 0 Å². The van der Waals surface area contributed by atoms with Gasteiger partial charge in [-0.1, -0.05) is 63.1 Å². The van der Waals surface area contributed by atoms with Crippen LogP contribution in [0.5, 0.6) is 0 Å². The van der Waals surface area contributed by atoms with Crippen LogP contribution in [-0.4, -0.2) is 67.4 Å². The fraction of sp³-hybridized carbons (Fsp3) is 0.458. The number of carbonyl (C=O) groups is 1. The molecule has 0 aliphatic carbocycles. The van der Waals surface area contributed by atoms with Crippen LogP contribution < -0.4 is 0 Å². The first-order chi connectivity index (χ1) is 17.1. The van der Waals surface area contributed by atoms with Crippen molar-refractivity contribution in [1.82, 2.24) is 4.90 Å². The van der Waals surface area contributed by atoms with Crippen LogP contribution in [0.25, 0.3) is 10.4 Å². The minimum absolute atomic E-state index is 0.00413. The van der Waals surface area contributed by atoms with Gasteiger partial charge in [-0.15, -0.1) is 0 Å². The number of likely N-dealkylation sites (tertiary alicyclic amines) is 1. The molecule has 3 aliphatic rings. The van der Waals surface area contributed by atoms with Gasteiger partial charge in [0.15, 0.2) is 6.29 Å². The Morgan fingerprint density at radius 1 is 1.23 bits per heavy atom. The van der Waals surface area contributed by atoms with E-state index in [1.807, 2.05) is 53.4 Å². The van der Waals surface area contributed by atoms with E-state index in [1.165, 1.54) is 11.8 Å². The zero-order chi connectivity index (χ0) is 24.4. The maximum atomic E-state index is 13.0. The lowest BCUT2D eigenvalue weighted by molar-refractivity contribution is -0.298. The summed E-state index contributed by atoms with van der Waals surface area (Å²) in [5.41, 5.74) is 10.3. The van der Waals surface area contributed by atoms with Gasteiger partial charge >= 0.3 is 0 Å². The third-order valence-electron chi connectivity index (χ3n) is 6.40. The lowest BCUT2D eigenvalue weighted by Crippen LogP contribution is -2.60. The molecule has 6 atom stereocenters. The van der Waals surface area contributed by atoms with E-state index in [0.29, 0.717) is 5.56 Å². The Morgan fingerprint density at radius 3 is 2.71 bits per heavy atom. The van der Waals surface area contributed by atoms with Crippen LogP contribution in [0, 0.1) is 0 Å². The van der Waals surface area contributed by atoms with Crippen molar-refractivity contribution in [2.45, 2.75) is 47.4 Å². The van der Waals surface area contributed by atoms with Gasteiger partial charge in [0, 0.05) is 40.0 Å². The molecule has 184 valence electrons. The van der Waals surface area contributed by atoms with Gasteiger partial charge in [-0.3, -0.25) is 4.79 Å². The van der Waals surface area contributed by atoms with Crippen LogP contribution in [0.4, 0.5) is 0 Å². The average molecular weight is 561 g/mol. The highest BCUT2D eigenvalue weighted by atomic mass is 79.9. The third kappa shape index (κ3) is 5.08. The predicted molar refractivity (Wildman–Crippen MR) is 133 cm³/mol. The number of hydrogen-bond donors (Lipinski definition) is 0. The molecular formula is C24H25BrN4O5S. The van der Waals surface area contributed by atoms with Gasteiger partial charge < -0.3 is 23.8 Å². The van der Waals surface area contributed by atoms with Crippen molar-refractivity contribution in [3.05, 3.63) is 74.6 Å². The molecule has 3 heterocycles. The number of azide groups is 1. The topological polar surface area (TPSA) is 106 Å². The molecule has 0 aromatic heterocycles. The molecule has 3 aliphatic heterocycles. The van der Waals surface area contributed by atoms with Crippen molar-refractivity contribution in [1.29, 1.82) is 0 Å². The lowest BCUT2D eigenvalue weighted by Gasteiger charge is -2.47. The average Bonchev–Trinajstić information content (AvgIpc) is 2.83. The SMILES string of the molecule is COC1[C@@H](Sc2cc(Br)ccc2C(=O)N2CCC2)OC2COC(c3ccccc3)O[C@@H]2[C@@H]1N=[N+]=[N-]. The smallest absolute Gasteiger partial charge is 0.254 e. The van der Waals surface area contributed by atoms with Crippen LogP contribution in [0.2, 0.25) is 0 Å². The molecule has 3 saturated heterocycles. The van der Waals surface area contributed by atoms with Gasteiger partial charge in [-0.2, -0.15) is 0 Å². The molecule has 11 heteroatoms. The van der Waals surface area contributed by atoms with Gasteiger partial charge in [0.25, 0.3) is 5.91 Å². The van der Waals surface area contributed by atoms with Crippen molar-refractivity contribution < 1.29 is 23.7 Å². The molecule has 9 nitrogen and oxygen atoms in total. The minimum atomic E-state index is -0.641. The minimum Gasteiger partial charge on any atom is -0.377 e. The molecule has 0 bridgehead atoms. The molecule has 3 unspecified atom stereocenters. The maximum absolute atomic E-state index is 13.0.